The summed E-state index contributed by atoms with van der Waals surface area (Å²) in [5.74, 6) is 1.23. The molecule has 0 aliphatic carbocycles. The van der Waals surface area contributed by atoms with Crippen molar-refractivity contribution in [2.24, 2.45) is 0 Å². The van der Waals surface area contributed by atoms with Gasteiger partial charge >= 0.3 is 0 Å². The topological polar surface area (TPSA) is 58.6 Å². The van der Waals surface area contributed by atoms with E-state index < -0.39 is 0 Å². The van der Waals surface area contributed by atoms with Gasteiger partial charge in [0, 0.05) is 43.6 Å². The van der Waals surface area contributed by atoms with E-state index in [4.69, 9.17) is 4.74 Å². The number of carbonyl (C=O) groups is 1. The van der Waals surface area contributed by atoms with Crippen LogP contribution >= 0.6 is 0 Å². The Bertz CT molecular complexity index is 703. The van der Waals surface area contributed by atoms with E-state index in [2.05, 4.69) is 41.1 Å². The van der Waals surface area contributed by atoms with Crippen molar-refractivity contribution in [2.45, 2.75) is 18.4 Å². The number of likely N-dealkylation sites (N-methyl/N-ethyl adjacent to an activating group) is 1. The van der Waals surface area contributed by atoms with Gasteiger partial charge in [-0.3, -0.25) is 14.8 Å². The van der Waals surface area contributed by atoms with Gasteiger partial charge in [0.15, 0.2) is 0 Å². The van der Waals surface area contributed by atoms with Crippen LogP contribution in [-0.4, -0.2) is 66.0 Å². The Morgan fingerprint density at radius 3 is 2.60 bits per heavy atom. The number of aromatic nitrogens is 2. The minimum absolute atomic E-state index is 0.100. The maximum Gasteiger partial charge on any atom is 0.228 e. The van der Waals surface area contributed by atoms with Crippen molar-refractivity contribution in [3.05, 3.63) is 54.1 Å². The predicted octanol–water partition coefficient (Wildman–Crippen LogP) is 1.58. The highest BCUT2D eigenvalue weighted by Crippen LogP contribution is 2.31. The van der Waals surface area contributed by atoms with Crippen molar-refractivity contribution in [3.8, 4) is 5.75 Å². The fourth-order valence-corrected chi connectivity index (χ4v) is 3.38. The number of rotatable bonds is 5. The third kappa shape index (κ3) is 3.96. The minimum atomic E-state index is 0.100. The first-order valence-electron chi connectivity index (χ1n) is 8.41. The first-order valence-corrected chi connectivity index (χ1v) is 8.41. The second-order valence-corrected chi connectivity index (χ2v) is 6.58. The van der Waals surface area contributed by atoms with Crippen molar-refractivity contribution >= 4 is 5.91 Å². The predicted molar refractivity (Wildman–Crippen MR) is 95.5 cm³/mol. The number of carbonyl (C=O) groups excluding carboxylic acids is 1. The average Bonchev–Trinajstić information content (AvgIpc) is 3.08. The Kier molecular flexibility index (Phi) is 5.28. The third-order valence-electron chi connectivity index (χ3n) is 4.80. The van der Waals surface area contributed by atoms with Gasteiger partial charge < -0.3 is 14.5 Å². The quantitative estimate of drug-likeness (QED) is 0.827. The van der Waals surface area contributed by atoms with E-state index in [9.17, 15) is 4.79 Å². The molecule has 1 fully saturated rings. The van der Waals surface area contributed by atoms with Crippen LogP contribution < -0.4 is 4.74 Å². The average molecular weight is 340 g/mol. The van der Waals surface area contributed by atoms with Gasteiger partial charge in [-0.05, 0) is 31.8 Å². The summed E-state index contributed by atoms with van der Waals surface area (Å²) in [6.45, 7) is 1.44. The molecule has 25 heavy (non-hydrogen) atoms. The van der Waals surface area contributed by atoms with Gasteiger partial charge in [-0.15, -0.1) is 0 Å². The van der Waals surface area contributed by atoms with E-state index in [1.807, 2.05) is 17.0 Å². The summed E-state index contributed by atoms with van der Waals surface area (Å²) < 4.78 is 5.24. The Labute approximate surface area is 148 Å². The molecule has 6 heteroatoms. The summed E-state index contributed by atoms with van der Waals surface area (Å²) in [7, 11) is 5.80. The molecule has 1 aliphatic rings. The summed E-state index contributed by atoms with van der Waals surface area (Å²) >= 11 is 0. The molecule has 1 amide bonds. The van der Waals surface area contributed by atoms with E-state index >= 15 is 0 Å². The highest BCUT2D eigenvalue weighted by molar-refractivity contribution is 5.78. The number of ether oxygens (including phenoxy) is 1. The number of hydrogen-bond acceptors (Lipinski definition) is 5. The lowest BCUT2D eigenvalue weighted by atomic mass is 9.93. The molecule has 0 saturated carbocycles. The Morgan fingerprint density at radius 1 is 1.24 bits per heavy atom. The van der Waals surface area contributed by atoms with E-state index in [0.29, 0.717) is 24.7 Å². The maximum absolute atomic E-state index is 12.7. The number of hydrogen-bond donors (Lipinski definition) is 0. The number of nitrogens with zero attached hydrogens (tertiary/aromatic N) is 4. The minimum Gasteiger partial charge on any atom is -0.497 e. The van der Waals surface area contributed by atoms with Crippen LogP contribution in [0, 0.1) is 0 Å². The molecule has 0 unspecified atom stereocenters. The van der Waals surface area contributed by atoms with Crippen LogP contribution in [0.25, 0.3) is 0 Å². The molecule has 2 aromatic rings. The fraction of sp³-hybridized carbons (Fsp3) is 0.421. The summed E-state index contributed by atoms with van der Waals surface area (Å²) in [6.07, 6.45) is 5.18. The summed E-state index contributed by atoms with van der Waals surface area (Å²) in [4.78, 5) is 25.1. The van der Waals surface area contributed by atoms with Crippen molar-refractivity contribution in [1.82, 2.24) is 19.8 Å². The van der Waals surface area contributed by atoms with Crippen LogP contribution in [0.5, 0.6) is 5.75 Å². The van der Waals surface area contributed by atoms with E-state index in [-0.39, 0.29) is 11.8 Å². The van der Waals surface area contributed by atoms with Crippen LogP contribution in [0.1, 0.15) is 17.2 Å². The molecule has 1 aliphatic heterocycles. The molecule has 0 radical (unpaired) electrons. The lowest BCUT2D eigenvalue weighted by Gasteiger charge is -2.25. The summed E-state index contributed by atoms with van der Waals surface area (Å²) in [5.41, 5.74) is 1.94. The van der Waals surface area contributed by atoms with E-state index in [0.717, 1.165) is 12.3 Å². The zero-order valence-electron chi connectivity index (χ0n) is 14.9. The Balaban J connectivity index is 1.74. The lowest BCUT2D eigenvalue weighted by molar-refractivity contribution is -0.129. The smallest absolute Gasteiger partial charge is 0.228 e. The second-order valence-electron chi connectivity index (χ2n) is 6.58. The largest absolute Gasteiger partial charge is 0.497 e. The van der Waals surface area contributed by atoms with Crippen molar-refractivity contribution in [2.75, 3.05) is 34.3 Å². The van der Waals surface area contributed by atoms with Gasteiger partial charge in [-0.2, -0.15) is 0 Å². The molecule has 1 saturated heterocycles. The van der Waals surface area contributed by atoms with E-state index in [1.54, 1.807) is 25.7 Å². The highest BCUT2D eigenvalue weighted by atomic mass is 16.5. The fourth-order valence-electron chi connectivity index (χ4n) is 3.38. The SMILES string of the molecule is COc1ccc([C@@H]2CN(C(=O)Cc3cnccn3)C[C@H]2N(C)C)cc1. The van der Waals surface area contributed by atoms with E-state index in [1.165, 1.54) is 5.56 Å². The lowest BCUT2D eigenvalue weighted by Crippen LogP contribution is -2.36. The van der Waals surface area contributed by atoms with Crippen LogP contribution in [0.2, 0.25) is 0 Å². The van der Waals surface area contributed by atoms with Crippen molar-refractivity contribution < 1.29 is 9.53 Å². The molecule has 6 nitrogen and oxygen atoms in total. The number of amides is 1. The van der Waals surface area contributed by atoms with Gasteiger partial charge in [0.2, 0.25) is 5.91 Å². The zero-order chi connectivity index (χ0) is 17.8. The molecule has 0 N–H and O–H groups in total. The Morgan fingerprint density at radius 2 is 2.00 bits per heavy atom. The van der Waals surface area contributed by atoms with Crippen LogP contribution in [0.3, 0.4) is 0 Å². The maximum atomic E-state index is 12.7. The number of benzene rings is 1. The van der Waals surface area contributed by atoms with Gasteiger partial charge in [-0.25, -0.2) is 0 Å². The van der Waals surface area contributed by atoms with Crippen LogP contribution in [0.15, 0.2) is 42.9 Å². The van der Waals surface area contributed by atoms with Crippen LogP contribution in [-0.2, 0) is 11.2 Å². The van der Waals surface area contributed by atoms with Gasteiger partial charge in [0.1, 0.15) is 5.75 Å². The third-order valence-corrected chi connectivity index (χ3v) is 4.80. The molecule has 3 rings (SSSR count). The zero-order valence-corrected chi connectivity index (χ0v) is 14.9. The van der Waals surface area contributed by atoms with Gasteiger partial charge in [-0.1, -0.05) is 12.1 Å². The molecule has 1 aromatic carbocycles. The Hall–Kier alpha value is -2.47. The standard InChI is InChI=1S/C19H24N4O2/c1-22(2)18-13-23(19(24)10-15-11-20-8-9-21-15)12-17(18)14-4-6-16(25-3)7-5-14/h4-9,11,17-18H,10,12-13H2,1-3H3/t17-,18+/m0/s1. The number of methoxy groups -OCH3 is 1. The second kappa shape index (κ2) is 7.61. The molecule has 2 atom stereocenters. The molecule has 2 heterocycles. The molecular formula is C19H24N4O2. The molecule has 1 aromatic heterocycles. The van der Waals surface area contributed by atoms with Crippen LogP contribution in [0.4, 0.5) is 0 Å². The van der Waals surface area contributed by atoms with Crippen molar-refractivity contribution in [1.29, 1.82) is 0 Å². The highest BCUT2D eigenvalue weighted by Gasteiger charge is 2.37. The van der Waals surface area contributed by atoms with Gasteiger partial charge in [0.25, 0.3) is 0 Å². The van der Waals surface area contributed by atoms with Gasteiger partial charge in [0.05, 0.1) is 19.2 Å². The van der Waals surface area contributed by atoms with Crippen molar-refractivity contribution in [3.63, 3.8) is 0 Å². The molecular weight excluding hydrogens is 316 g/mol. The number of likely N-dealkylation sites (tertiary alicyclic amines) is 1. The first-order chi connectivity index (χ1) is 12.1. The monoisotopic (exact) mass is 340 g/mol. The summed E-state index contributed by atoms with van der Waals surface area (Å²) in [5, 5.41) is 0. The normalized spacial score (nSPS) is 20.1. The summed E-state index contributed by atoms with van der Waals surface area (Å²) in [6, 6.07) is 8.44. The first kappa shape index (κ1) is 17.4. The molecule has 132 valence electrons. The molecule has 0 bridgehead atoms. The molecule has 0 spiro atoms.